The maximum atomic E-state index is 12.2. The van der Waals surface area contributed by atoms with Crippen molar-refractivity contribution in [3.63, 3.8) is 0 Å². The molecular formula is C20H20N2O2S. The molecule has 0 atom stereocenters. The molecule has 0 saturated carbocycles. The van der Waals surface area contributed by atoms with Gasteiger partial charge in [-0.25, -0.2) is 4.98 Å². The van der Waals surface area contributed by atoms with E-state index in [0.717, 1.165) is 29.2 Å². The molecule has 25 heavy (non-hydrogen) atoms. The SMILES string of the molecule is COc1ccc(-c2nc(C(=O)NCCCc3ccccc3)cs2)cc1. The van der Waals surface area contributed by atoms with Crippen LogP contribution in [0.5, 0.6) is 5.75 Å². The third kappa shape index (κ3) is 4.67. The fourth-order valence-electron chi connectivity index (χ4n) is 2.47. The molecule has 3 aromatic rings. The van der Waals surface area contributed by atoms with Crippen LogP contribution in [-0.2, 0) is 6.42 Å². The lowest BCUT2D eigenvalue weighted by atomic mass is 10.1. The molecule has 0 saturated heterocycles. The Balaban J connectivity index is 1.51. The van der Waals surface area contributed by atoms with Crippen molar-refractivity contribution in [2.45, 2.75) is 12.8 Å². The van der Waals surface area contributed by atoms with Crippen LogP contribution in [0.1, 0.15) is 22.5 Å². The maximum Gasteiger partial charge on any atom is 0.270 e. The predicted molar refractivity (Wildman–Crippen MR) is 101 cm³/mol. The molecule has 0 aliphatic rings. The molecule has 3 rings (SSSR count). The summed E-state index contributed by atoms with van der Waals surface area (Å²) in [5.74, 6) is 0.681. The number of methoxy groups -OCH3 is 1. The molecule has 2 aromatic carbocycles. The summed E-state index contributed by atoms with van der Waals surface area (Å²) in [6.07, 6.45) is 1.86. The zero-order chi connectivity index (χ0) is 17.5. The summed E-state index contributed by atoms with van der Waals surface area (Å²) in [6.45, 7) is 0.642. The molecule has 0 radical (unpaired) electrons. The first kappa shape index (κ1) is 17.2. The summed E-state index contributed by atoms with van der Waals surface area (Å²) in [6, 6.07) is 17.9. The van der Waals surface area contributed by atoms with Crippen LogP contribution in [0.3, 0.4) is 0 Å². The first-order valence-corrected chi connectivity index (χ1v) is 9.06. The fourth-order valence-corrected chi connectivity index (χ4v) is 3.28. The molecule has 0 aliphatic carbocycles. The normalized spacial score (nSPS) is 10.4. The van der Waals surface area contributed by atoms with E-state index in [1.54, 1.807) is 12.5 Å². The van der Waals surface area contributed by atoms with Gasteiger partial charge in [-0.2, -0.15) is 0 Å². The van der Waals surface area contributed by atoms with E-state index in [-0.39, 0.29) is 5.91 Å². The standard InChI is InChI=1S/C20H20N2O2S/c1-24-17-11-9-16(10-12-17)20-22-18(14-25-20)19(23)21-13-5-8-15-6-3-2-4-7-15/h2-4,6-7,9-12,14H,5,8,13H2,1H3,(H,21,23). The number of hydrogen-bond acceptors (Lipinski definition) is 4. The smallest absolute Gasteiger partial charge is 0.270 e. The number of nitrogens with one attached hydrogen (secondary N) is 1. The van der Waals surface area contributed by atoms with Gasteiger partial charge in [0.15, 0.2) is 0 Å². The van der Waals surface area contributed by atoms with E-state index < -0.39 is 0 Å². The van der Waals surface area contributed by atoms with E-state index in [9.17, 15) is 4.79 Å². The van der Waals surface area contributed by atoms with Gasteiger partial charge in [0.25, 0.3) is 5.91 Å². The average Bonchev–Trinajstić information content (AvgIpc) is 3.16. The number of benzene rings is 2. The van der Waals surface area contributed by atoms with Crippen LogP contribution in [0.2, 0.25) is 0 Å². The summed E-state index contributed by atoms with van der Waals surface area (Å²) in [4.78, 5) is 16.7. The summed E-state index contributed by atoms with van der Waals surface area (Å²) < 4.78 is 5.15. The molecule has 0 bridgehead atoms. The van der Waals surface area contributed by atoms with Gasteiger partial charge in [-0.3, -0.25) is 4.79 Å². The van der Waals surface area contributed by atoms with Gasteiger partial charge in [0, 0.05) is 17.5 Å². The Morgan fingerprint density at radius 1 is 1.12 bits per heavy atom. The maximum absolute atomic E-state index is 12.2. The molecular weight excluding hydrogens is 332 g/mol. The largest absolute Gasteiger partial charge is 0.497 e. The van der Waals surface area contributed by atoms with Gasteiger partial charge in [-0.15, -0.1) is 11.3 Å². The van der Waals surface area contributed by atoms with Crippen molar-refractivity contribution < 1.29 is 9.53 Å². The summed E-state index contributed by atoms with van der Waals surface area (Å²) in [5, 5.41) is 5.57. The second-order valence-corrected chi connectivity index (χ2v) is 6.47. The first-order valence-electron chi connectivity index (χ1n) is 8.18. The second kappa shape index (κ2) is 8.44. The minimum absolute atomic E-state index is 0.121. The number of carbonyl (C=O) groups is 1. The monoisotopic (exact) mass is 352 g/mol. The Labute approximate surface area is 151 Å². The van der Waals surface area contributed by atoms with Gasteiger partial charge in [-0.05, 0) is 42.7 Å². The zero-order valence-electron chi connectivity index (χ0n) is 14.1. The van der Waals surface area contributed by atoms with E-state index in [4.69, 9.17) is 4.74 Å². The molecule has 0 spiro atoms. The van der Waals surface area contributed by atoms with Crippen LogP contribution in [0.25, 0.3) is 10.6 Å². The van der Waals surface area contributed by atoms with Gasteiger partial charge >= 0.3 is 0 Å². The highest BCUT2D eigenvalue weighted by molar-refractivity contribution is 7.13. The van der Waals surface area contributed by atoms with Crippen LogP contribution in [0.4, 0.5) is 0 Å². The summed E-state index contributed by atoms with van der Waals surface area (Å²) >= 11 is 1.47. The number of carbonyl (C=O) groups excluding carboxylic acids is 1. The van der Waals surface area contributed by atoms with E-state index >= 15 is 0 Å². The number of nitrogens with zero attached hydrogens (tertiary/aromatic N) is 1. The summed E-state index contributed by atoms with van der Waals surface area (Å²) in [5.41, 5.74) is 2.73. The van der Waals surface area contributed by atoms with Gasteiger partial charge in [-0.1, -0.05) is 30.3 Å². The lowest BCUT2D eigenvalue weighted by Crippen LogP contribution is -2.25. The molecule has 0 fully saturated rings. The average molecular weight is 352 g/mol. The molecule has 1 amide bonds. The molecule has 1 heterocycles. The van der Waals surface area contributed by atoms with Gasteiger partial charge in [0.05, 0.1) is 7.11 Å². The first-order chi connectivity index (χ1) is 12.3. The van der Waals surface area contributed by atoms with Crippen molar-refractivity contribution in [1.29, 1.82) is 0 Å². The van der Waals surface area contributed by atoms with Crippen molar-refractivity contribution in [3.8, 4) is 16.3 Å². The van der Waals surface area contributed by atoms with E-state index in [0.29, 0.717) is 12.2 Å². The Morgan fingerprint density at radius 2 is 1.88 bits per heavy atom. The quantitative estimate of drug-likeness (QED) is 0.649. The molecule has 5 heteroatoms. The number of ether oxygens (including phenoxy) is 1. The number of amides is 1. The fraction of sp³-hybridized carbons (Fsp3) is 0.200. The molecule has 1 N–H and O–H groups in total. The van der Waals surface area contributed by atoms with Crippen LogP contribution >= 0.6 is 11.3 Å². The minimum atomic E-state index is -0.121. The lowest BCUT2D eigenvalue weighted by molar-refractivity contribution is 0.0949. The van der Waals surface area contributed by atoms with Crippen molar-refractivity contribution in [2.24, 2.45) is 0 Å². The van der Waals surface area contributed by atoms with Crippen molar-refractivity contribution in [2.75, 3.05) is 13.7 Å². The van der Waals surface area contributed by atoms with E-state index in [1.807, 2.05) is 42.5 Å². The number of thiazole rings is 1. The van der Waals surface area contributed by atoms with Crippen molar-refractivity contribution >= 4 is 17.2 Å². The molecule has 0 unspecified atom stereocenters. The highest BCUT2D eigenvalue weighted by Gasteiger charge is 2.11. The van der Waals surface area contributed by atoms with Gasteiger partial charge < -0.3 is 10.1 Å². The second-order valence-electron chi connectivity index (χ2n) is 5.61. The number of aryl methyl sites for hydroxylation is 1. The number of aromatic nitrogens is 1. The zero-order valence-corrected chi connectivity index (χ0v) is 14.9. The minimum Gasteiger partial charge on any atom is -0.497 e. The molecule has 128 valence electrons. The third-order valence-corrected chi connectivity index (χ3v) is 4.74. The topological polar surface area (TPSA) is 51.2 Å². The molecule has 1 aromatic heterocycles. The Hall–Kier alpha value is -2.66. The lowest BCUT2D eigenvalue weighted by Gasteiger charge is -2.03. The highest BCUT2D eigenvalue weighted by Crippen LogP contribution is 2.25. The Kier molecular flexibility index (Phi) is 5.80. The van der Waals surface area contributed by atoms with Crippen molar-refractivity contribution in [1.82, 2.24) is 10.3 Å². The number of rotatable bonds is 7. The van der Waals surface area contributed by atoms with E-state index in [1.165, 1.54) is 16.9 Å². The number of hydrogen-bond donors (Lipinski definition) is 1. The van der Waals surface area contributed by atoms with Crippen LogP contribution in [0, 0.1) is 0 Å². The predicted octanol–water partition coefficient (Wildman–Crippen LogP) is 4.18. The van der Waals surface area contributed by atoms with Crippen LogP contribution in [0.15, 0.2) is 60.0 Å². The van der Waals surface area contributed by atoms with Gasteiger partial charge in [0.1, 0.15) is 16.5 Å². The Morgan fingerprint density at radius 3 is 2.60 bits per heavy atom. The summed E-state index contributed by atoms with van der Waals surface area (Å²) in [7, 11) is 1.64. The van der Waals surface area contributed by atoms with Gasteiger partial charge in [0.2, 0.25) is 0 Å². The molecule has 0 aliphatic heterocycles. The van der Waals surface area contributed by atoms with Crippen molar-refractivity contribution in [3.05, 3.63) is 71.2 Å². The van der Waals surface area contributed by atoms with Crippen LogP contribution in [-0.4, -0.2) is 24.5 Å². The highest BCUT2D eigenvalue weighted by atomic mass is 32.1. The van der Waals surface area contributed by atoms with E-state index in [2.05, 4.69) is 22.4 Å². The third-order valence-electron chi connectivity index (χ3n) is 3.84. The van der Waals surface area contributed by atoms with Crippen LogP contribution < -0.4 is 10.1 Å². The Bertz CT molecular complexity index is 813. The molecule has 4 nitrogen and oxygen atoms in total.